The smallest absolute Gasteiger partial charge is 0.229 e. The number of hydrogen-bond donors (Lipinski definition) is 0. The second kappa shape index (κ2) is 8.68. The van der Waals surface area contributed by atoms with Crippen LogP contribution in [0.15, 0.2) is 76.8 Å². The zero-order valence-electron chi connectivity index (χ0n) is 15.8. The molecule has 1 unspecified atom stereocenters. The van der Waals surface area contributed by atoms with Crippen LogP contribution in [0.4, 0.5) is 4.39 Å². The van der Waals surface area contributed by atoms with Gasteiger partial charge in [0.2, 0.25) is 5.91 Å². The van der Waals surface area contributed by atoms with E-state index in [9.17, 15) is 9.18 Å². The molecule has 0 N–H and O–H groups in total. The van der Waals surface area contributed by atoms with E-state index in [1.54, 1.807) is 46.8 Å². The van der Waals surface area contributed by atoms with Gasteiger partial charge in [-0.2, -0.15) is 11.3 Å². The van der Waals surface area contributed by atoms with Crippen molar-refractivity contribution in [3.05, 3.63) is 99.4 Å². The summed E-state index contributed by atoms with van der Waals surface area (Å²) in [5.74, 6) is -0.330. The van der Waals surface area contributed by atoms with Crippen LogP contribution in [0.5, 0.6) is 0 Å². The highest BCUT2D eigenvalue weighted by Crippen LogP contribution is 2.29. The summed E-state index contributed by atoms with van der Waals surface area (Å²) < 4.78 is 13.4. The van der Waals surface area contributed by atoms with Gasteiger partial charge < -0.3 is 4.90 Å². The normalized spacial score (nSPS) is 11.9. The summed E-state index contributed by atoms with van der Waals surface area (Å²) in [6.45, 7) is 0. The van der Waals surface area contributed by atoms with Crippen molar-refractivity contribution in [1.29, 1.82) is 0 Å². The van der Waals surface area contributed by atoms with Gasteiger partial charge in [-0.05, 0) is 34.7 Å². The third-order valence-corrected chi connectivity index (χ3v) is 6.36. The number of aromatic nitrogens is 1. The lowest BCUT2D eigenvalue weighted by molar-refractivity contribution is -0.130. The van der Waals surface area contributed by atoms with Crippen LogP contribution in [0.1, 0.15) is 22.9 Å². The number of rotatable bonds is 6. The van der Waals surface area contributed by atoms with Crippen LogP contribution in [-0.4, -0.2) is 22.8 Å². The highest BCUT2D eigenvalue weighted by atomic mass is 32.1. The number of halogens is 1. The van der Waals surface area contributed by atoms with Crippen molar-refractivity contribution < 1.29 is 9.18 Å². The van der Waals surface area contributed by atoms with Crippen LogP contribution in [0.2, 0.25) is 0 Å². The number of carbonyl (C=O) groups is 1. The van der Waals surface area contributed by atoms with Gasteiger partial charge in [0.05, 0.1) is 18.2 Å². The van der Waals surface area contributed by atoms with Crippen LogP contribution in [-0.2, 0) is 11.2 Å². The summed E-state index contributed by atoms with van der Waals surface area (Å²) >= 11 is 3.17. The van der Waals surface area contributed by atoms with E-state index in [4.69, 9.17) is 0 Å². The minimum atomic E-state index is -0.294. The molecule has 0 aliphatic rings. The molecule has 0 spiro atoms. The van der Waals surface area contributed by atoms with Crippen molar-refractivity contribution in [3.8, 4) is 10.6 Å². The number of likely N-dealkylation sites (N-methyl/N-ethyl adjacent to an activating group) is 1. The SMILES string of the molecule is CN(C(=O)Cc1csc(-c2ccsc2)n1)C(c1ccccc1)c1ccc(F)cc1. The largest absolute Gasteiger partial charge is 0.334 e. The maximum Gasteiger partial charge on any atom is 0.229 e. The molecule has 146 valence electrons. The molecular formula is C23H19FN2OS2. The zero-order valence-corrected chi connectivity index (χ0v) is 17.4. The molecule has 4 rings (SSSR count). The molecule has 6 heteroatoms. The van der Waals surface area contributed by atoms with E-state index in [1.165, 1.54) is 12.1 Å². The van der Waals surface area contributed by atoms with Gasteiger partial charge >= 0.3 is 0 Å². The predicted octanol–water partition coefficient (Wildman–Crippen LogP) is 5.80. The molecule has 1 amide bonds. The van der Waals surface area contributed by atoms with Gasteiger partial charge in [-0.3, -0.25) is 4.79 Å². The van der Waals surface area contributed by atoms with Crippen LogP contribution < -0.4 is 0 Å². The monoisotopic (exact) mass is 422 g/mol. The fraction of sp³-hybridized carbons (Fsp3) is 0.130. The molecule has 0 radical (unpaired) electrons. The number of benzene rings is 2. The molecule has 1 atom stereocenters. The summed E-state index contributed by atoms with van der Waals surface area (Å²) in [6.07, 6.45) is 0.224. The first-order valence-corrected chi connectivity index (χ1v) is 11.0. The van der Waals surface area contributed by atoms with Crippen molar-refractivity contribution >= 4 is 28.6 Å². The summed E-state index contributed by atoms with van der Waals surface area (Å²) in [7, 11) is 1.79. The van der Waals surface area contributed by atoms with Crippen molar-refractivity contribution in [2.24, 2.45) is 0 Å². The average molecular weight is 423 g/mol. The fourth-order valence-electron chi connectivity index (χ4n) is 3.25. The second-order valence-electron chi connectivity index (χ2n) is 6.70. The predicted molar refractivity (Wildman–Crippen MR) is 117 cm³/mol. The van der Waals surface area contributed by atoms with E-state index in [0.29, 0.717) is 0 Å². The molecule has 0 aliphatic carbocycles. The average Bonchev–Trinajstić information content (AvgIpc) is 3.42. The third kappa shape index (κ3) is 4.44. The van der Waals surface area contributed by atoms with Crippen molar-refractivity contribution in [2.45, 2.75) is 12.5 Å². The second-order valence-corrected chi connectivity index (χ2v) is 8.34. The van der Waals surface area contributed by atoms with E-state index in [1.807, 2.05) is 47.2 Å². The molecule has 3 nitrogen and oxygen atoms in total. The standard InChI is InChI=1S/C23H19FN2OS2/c1-26(21(27)13-20-15-29-23(25-20)18-11-12-28-14-18)22(16-5-3-2-4-6-16)17-7-9-19(24)10-8-17/h2-12,14-15,22H,13H2,1H3. The lowest BCUT2D eigenvalue weighted by Crippen LogP contribution is -2.33. The van der Waals surface area contributed by atoms with Gasteiger partial charge in [-0.15, -0.1) is 11.3 Å². The maximum absolute atomic E-state index is 13.4. The Morgan fingerprint density at radius 3 is 2.45 bits per heavy atom. The molecule has 0 bridgehead atoms. The molecular weight excluding hydrogens is 403 g/mol. The maximum atomic E-state index is 13.4. The Kier molecular flexibility index (Phi) is 5.83. The zero-order chi connectivity index (χ0) is 20.2. The van der Waals surface area contributed by atoms with Gasteiger partial charge in [0.15, 0.2) is 0 Å². The molecule has 29 heavy (non-hydrogen) atoms. The summed E-state index contributed by atoms with van der Waals surface area (Å²) in [5, 5.41) is 6.93. The molecule has 0 saturated heterocycles. The Balaban J connectivity index is 1.58. The number of amides is 1. The van der Waals surface area contributed by atoms with Gasteiger partial charge in [0, 0.05) is 23.4 Å². The third-order valence-electron chi connectivity index (χ3n) is 4.73. The Morgan fingerprint density at radius 1 is 1.03 bits per heavy atom. The molecule has 0 fully saturated rings. The van der Waals surface area contributed by atoms with Crippen molar-refractivity contribution in [1.82, 2.24) is 9.88 Å². The fourth-order valence-corrected chi connectivity index (χ4v) is 4.78. The first-order valence-electron chi connectivity index (χ1n) is 9.15. The van der Waals surface area contributed by atoms with Crippen LogP contribution in [0.3, 0.4) is 0 Å². The first kappa shape index (κ1) is 19.5. The number of carbonyl (C=O) groups excluding carboxylic acids is 1. The van der Waals surface area contributed by atoms with Gasteiger partial charge in [0.25, 0.3) is 0 Å². The Labute approximate surface area is 177 Å². The molecule has 2 aromatic carbocycles. The minimum absolute atomic E-state index is 0.0367. The topological polar surface area (TPSA) is 33.2 Å². The van der Waals surface area contributed by atoms with E-state index < -0.39 is 0 Å². The Morgan fingerprint density at radius 2 is 1.76 bits per heavy atom. The minimum Gasteiger partial charge on any atom is -0.334 e. The van der Waals surface area contributed by atoms with Crippen molar-refractivity contribution in [3.63, 3.8) is 0 Å². The number of thiophene rings is 1. The van der Waals surface area contributed by atoms with Crippen LogP contribution in [0, 0.1) is 5.82 Å². The van der Waals surface area contributed by atoms with E-state index >= 15 is 0 Å². The van der Waals surface area contributed by atoms with Crippen LogP contribution in [0.25, 0.3) is 10.6 Å². The van der Waals surface area contributed by atoms with Gasteiger partial charge in [-0.25, -0.2) is 9.37 Å². The lowest BCUT2D eigenvalue weighted by Gasteiger charge is -2.29. The Hall–Kier alpha value is -2.83. The number of nitrogens with zero attached hydrogens (tertiary/aromatic N) is 2. The van der Waals surface area contributed by atoms with Crippen molar-refractivity contribution in [2.75, 3.05) is 7.05 Å². The molecule has 2 heterocycles. The van der Waals surface area contributed by atoms with E-state index in [-0.39, 0.29) is 24.2 Å². The molecule has 4 aromatic rings. The number of hydrogen-bond acceptors (Lipinski definition) is 4. The lowest BCUT2D eigenvalue weighted by atomic mass is 9.97. The first-order chi connectivity index (χ1) is 14.1. The summed E-state index contributed by atoms with van der Waals surface area (Å²) in [4.78, 5) is 19.4. The molecule has 0 saturated carbocycles. The summed E-state index contributed by atoms with van der Waals surface area (Å²) in [6, 6.07) is 17.8. The van der Waals surface area contributed by atoms with E-state index in [2.05, 4.69) is 10.4 Å². The molecule has 0 aliphatic heterocycles. The highest BCUT2D eigenvalue weighted by molar-refractivity contribution is 7.14. The van der Waals surface area contributed by atoms with Crippen LogP contribution >= 0.6 is 22.7 Å². The highest BCUT2D eigenvalue weighted by Gasteiger charge is 2.24. The number of thiazole rings is 1. The van der Waals surface area contributed by atoms with Gasteiger partial charge in [-0.1, -0.05) is 42.5 Å². The Bertz CT molecular complexity index is 1080. The summed E-state index contributed by atoms with van der Waals surface area (Å²) in [5.41, 5.74) is 3.69. The van der Waals surface area contributed by atoms with E-state index in [0.717, 1.165) is 27.4 Å². The molecule has 2 aromatic heterocycles. The van der Waals surface area contributed by atoms with Gasteiger partial charge in [0.1, 0.15) is 10.8 Å². The quantitative estimate of drug-likeness (QED) is 0.393.